The predicted octanol–water partition coefficient (Wildman–Crippen LogP) is 5.00. The van der Waals surface area contributed by atoms with Crippen LogP contribution in [0.1, 0.15) is 12.0 Å². The molecule has 0 spiro atoms. The molecule has 1 N–H and O–H groups in total. The molecule has 0 bridgehead atoms. The molecule has 3 aromatic carbocycles. The van der Waals surface area contributed by atoms with E-state index in [2.05, 4.69) is 10.3 Å². The molecule has 1 atom stereocenters. The highest BCUT2D eigenvalue weighted by atomic mass is 32.2. The number of rotatable bonds is 8. The van der Waals surface area contributed by atoms with Crippen molar-refractivity contribution >= 4 is 40.1 Å². The largest absolute Gasteiger partial charge is 0.493 e. The summed E-state index contributed by atoms with van der Waals surface area (Å²) in [7, 11) is 3.05. The SMILES string of the molecule is COc1ccc(NC(=O)C[C@@H]2SC(=Nc3ccccc3)N(Cc3ccc(F)cc3)C2=O)cc1OC. The van der Waals surface area contributed by atoms with Crippen molar-refractivity contribution < 1.29 is 23.5 Å². The molecule has 0 unspecified atom stereocenters. The van der Waals surface area contributed by atoms with E-state index in [0.29, 0.717) is 28.0 Å². The maximum Gasteiger partial charge on any atom is 0.242 e. The highest BCUT2D eigenvalue weighted by Crippen LogP contribution is 2.34. The highest BCUT2D eigenvalue weighted by Gasteiger charge is 2.39. The molecule has 1 fully saturated rings. The Morgan fingerprint density at radius 3 is 2.43 bits per heavy atom. The van der Waals surface area contributed by atoms with E-state index in [1.807, 2.05) is 30.3 Å². The molecule has 0 aromatic heterocycles. The van der Waals surface area contributed by atoms with Gasteiger partial charge in [-0.3, -0.25) is 14.5 Å². The second-order valence-electron chi connectivity index (χ2n) is 7.71. The Morgan fingerprint density at radius 2 is 1.74 bits per heavy atom. The van der Waals surface area contributed by atoms with Crippen molar-refractivity contribution in [2.24, 2.45) is 4.99 Å². The number of thioether (sulfide) groups is 1. The first-order chi connectivity index (χ1) is 17.0. The minimum absolute atomic E-state index is 0.0361. The molecule has 0 saturated carbocycles. The number of benzene rings is 3. The number of methoxy groups -OCH3 is 2. The second-order valence-corrected chi connectivity index (χ2v) is 8.88. The minimum Gasteiger partial charge on any atom is -0.493 e. The van der Waals surface area contributed by atoms with Gasteiger partial charge in [0, 0.05) is 18.2 Å². The van der Waals surface area contributed by atoms with Gasteiger partial charge in [0.25, 0.3) is 0 Å². The van der Waals surface area contributed by atoms with Crippen LogP contribution in [0.15, 0.2) is 77.8 Å². The number of para-hydroxylation sites is 1. The molecule has 3 aromatic rings. The van der Waals surface area contributed by atoms with Crippen LogP contribution in [0, 0.1) is 5.82 Å². The van der Waals surface area contributed by atoms with Crippen LogP contribution in [0.2, 0.25) is 0 Å². The van der Waals surface area contributed by atoms with Gasteiger partial charge in [-0.05, 0) is 42.0 Å². The Hall–Kier alpha value is -3.85. The van der Waals surface area contributed by atoms with Crippen molar-refractivity contribution in [2.45, 2.75) is 18.2 Å². The fraction of sp³-hybridized carbons (Fsp3) is 0.192. The third-order valence-electron chi connectivity index (χ3n) is 5.29. The first-order valence-corrected chi connectivity index (χ1v) is 11.7. The zero-order valence-corrected chi connectivity index (χ0v) is 20.0. The molecule has 1 aliphatic rings. The lowest BCUT2D eigenvalue weighted by atomic mass is 10.2. The van der Waals surface area contributed by atoms with Crippen LogP contribution in [-0.4, -0.2) is 41.4 Å². The minimum atomic E-state index is -0.641. The number of halogens is 1. The highest BCUT2D eigenvalue weighted by molar-refractivity contribution is 8.15. The van der Waals surface area contributed by atoms with E-state index in [4.69, 9.17) is 9.47 Å². The van der Waals surface area contributed by atoms with Crippen LogP contribution in [0.4, 0.5) is 15.8 Å². The summed E-state index contributed by atoms with van der Waals surface area (Å²) in [6.07, 6.45) is -0.0361. The van der Waals surface area contributed by atoms with E-state index >= 15 is 0 Å². The molecule has 0 aliphatic carbocycles. The van der Waals surface area contributed by atoms with Crippen molar-refractivity contribution in [1.29, 1.82) is 0 Å². The number of nitrogens with zero attached hydrogens (tertiary/aromatic N) is 2. The normalized spacial score (nSPS) is 16.4. The zero-order chi connectivity index (χ0) is 24.8. The third-order valence-corrected chi connectivity index (χ3v) is 6.47. The topological polar surface area (TPSA) is 80.2 Å². The molecule has 1 heterocycles. The number of carbonyl (C=O) groups is 2. The quantitative estimate of drug-likeness (QED) is 0.478. The van der Waals surface area contributed by atoms with E-state index < -0.39 is 5.25 Å². The van der Waals surface area contributed by atoms with Gasteiger partial charge in [0.1, 0.15) is 11.1 Å². The monoisotopic (exact) mass is 493 g/mol. The number of anilines is 1. The Morgan fingerprint density at radius 1 is 1.03 bits per heavy atom. The molecular formula is C26H24FN3O4S. The molecule has 1 saturated heterocycles. The first kappa shape index (κ1) is 24.3. The average Bonchev–Trinajstić information content (AvgIpc) is 3.14. The molecular weight excluding hydrogens is 469 g/mol. The van der Waals surface area contributed by atoms with Crippen LogP contribution in [0.3, 0.4) is 0 Å². The van der Waals surface area contributed by atoms with E-state index in [1.165, 1.54) is 38.1 Å². The van der Waals surface area contributed by atoms with E-state index in [-0.39, 0.29) is 30.6 Å². The molecule has 9 heteroatoms. The van der Waals surface area contributed by atoms with Gasteiger partial charge < -0.3 is 14.8 Å². The average molecular weight is 494 g/mol. The molecule has 180 valence electrons. The van der Waals surface area contributed by atoms with Crippen LogP contribution in [0.5, 0.6) is 11.5 Å². The van der Waals surface area contributed by atoms with Crippen molar-refractivity contribution in [3.05, 3.63) is 84.2 Å². The van der Waals surface area contributed by atoms with Crippen LogP contribution < -0.4 is 14.8 Å². The number of amidine groups is 1. The summed E-state index contributed by atoms with van der Waals surface area (Å²) in [5, 5.41) is 2.66. The number of ether oxygens (including phenoxy) is 2. The molecule has 35 heavy (non-hydrogen) atoms. The van der Waals surface area contributed by atoms with Crippen molar-refractivity contribution in [2.75, 3.05) is 19.5 Å². The van der Waals surface area contributed by atoms with Gasteiger partial charge in [0.05, 0.1) is 26.5 Å². The fourth-order valence-electron chi connectivity index (χ4n) is 3.55. The van der Waals surface area contributed by atoms with Gasteiger partial charge in [0.2, 0.25) is 11.8 Å². The predicted molar refractivity (Wildman–Crippen MR) is 135 cm³/mol. The van der Waals surface area contributed by atoms with Gasteiger partial charge in [0.15, 0.2) is 16.7 Å². The molecule has 7 nitrogen and oxygen atoms in total. The lowest BCUT2D eigenvalue weighted by Gasteiger charge is -2.16. The maximum atomic E-state index is 13.3. The maximum absolute atomic E-state index is 13.3. The lowest BCUT2D eigenvalue weighted by Crippen LogP contribution is -2.33. The van der Waals surface area contributed by atoms with E-state index in [1.54, 1.807) is 35.2 Å². The standard InChI is InChI=1S/C26H24FN3O4S/c1-33-21-13-12-20(14-22(21)34-2)28-24(31)15-23-25(32)30(16-17-8-10-18(27)11-9-17)26(35-23)29-19-6-4-3-5-7-19/h3-14,23H,15-16H2,1-2H3,(H,28,31)/t23-/m0/s1. The van der Waals surface area contributed by atoms with Crippen molar-refractivity contribution in [3.8, 4) is 11.5 Å². The van der Waals surface area contributed by atoms with Gasteiger partial charge >= 0.3 is 0 Å². The molecule has 0 radical (unpaired) electrons. The smallest absolute Gasteiger partial charge is 0.242 e. The summed E-state index contributed by atoms with van der Waals surface area (Å²) in [5.41, 5.74) is 1.99. The van der Waals surface area contributed by atoms with Gasteiger partial charge in [-0.25, -0.2) is 9.38 Å². The van der Waals surface area contributed by atoms with Crippen LogP contribution >= 0.6 is 11.8 Å². The van der Waals surface area contributed by atoms with Crippen LogP contribution in [-0.2, 0) is 16.1 Å². The number of amides is 2. The Labute approximate surface area is 207 Å². The molecule has 2 amide bonds. The fourth-order valence-corrected chi connectivity index (χ4v) is 4.71. The summed E-state index contributed by atoms with van der Waals surface area (Å²) < 4.78 is 23.8. The number of hydrogen-bond acceptors (Lipinski definition) is 6. The van der Waals surface area contributed by atoms with E-state index in [0.717, 1.165) is 5.56 Å². The number of aliphatic imine (C=N–C) groups is 1. The summed E-state index contributed by atoms with van der Waals surface area (Å²) in [6, 6.07) is 20.3. The van der Waals surface area contributed by atoms with Gasteiger partial charge in [-0.2, -0.15) is 0 Å². The third kappa shape index (κ3) is 5.99. The van der Waals surface area contributed by atoms with Crippen LogP contribution in [0.25, 0.3) is 0 Å². The summed E-state index contributed by atoms with van der Waals surface area (Å²) in [4.78, 5) is 32.2. The van der Waals surface area contributed by atoms with Crippen molar-refractivity contribution in [3.63, 3.8) is 0 Å². The van der Waals surface area contributed by atoms with Crippen molar-refractivity contribution in [1.82, 2.24) is 4.90 Å². The molecule has 1 aliphatic heterocycles. The lowest BCUT2D eigenvalue weighted by molar-refractivity contribution is -0.128. The number of hydrogen-bond donors (Lipinski definition) is 1. The molecule has 4 rings (SSSR count). The van der Waals surface area contributed by atoms with Gasteiger partial charge in [-0.15, -0.1) is 0 Å². The number of nitrogens with one attached hydrogen (secondary N) is 1. The summed E-state index contributed by atoms with van der Waals surface area (Å²) in [5.74, 6) is 0.144. The Kier molecular flexibility index (Phi) is 7.67. The van der Waals surface area contributed by atoms with Gasteiger partial charge in [-0.1, -0.05) is 42.1 Å². The summed E-state index contributed by atoms with van der Waals surface area (Å²) in [6.45, 7) is 0.228. The first-order valence-electron chi connectivity index (χ1n) is 10.8. The zero-order valence-electron chi connectivity index (χ0n) is 19.2. The Balaban J connectivity index is 1.51. The number of carbonyl (C=O) groups excluding carboxylic acids is 2. The second kappa shape index (κ2) is 11.1. The van der Waals surface area contributed by atoms with E-state index in [9.17, 15) is 14.0 Å². The summed E-state index contributed by atoms with van der Waals surface area (Å²) >= 11 is 1.24. The Bertz CT molecular complexity index is 1240.